The first kappa shape index (κ1) is 15.1. The molecule has 0 aliphatic carbocycles. The van der Waals surface area contributed by atoms with Crippen LogP contribution < -0.4 is 0 Å². The van der Waals surface area contributed by atoms with Crippen LogP contribution in [0, 0.1) is 0 Å². The molecular formula is C8H18O2PTi+. The molecule has 0 rings (SSSR count). The zero-order valence-electron chi connectivity index (χ0n) is 7.77. The molecule has 0 aromatic rings. The van der Waals surface area contributed by atoms with E-state index in [0.29, 0.717) is 0 Å². The van der Waals surface area contributed by atoms with Crippen molar-refractivity contribution in [3.05, 3.63) is 0 Å². The fraction of sp³-hybridized carbons (Fsp3) is 1.00. The molecule has 0 N–H and O–H groups in total. The van der Waals surface area contributed by atoms with Crippen LogP contribution in [0.15, 0.2) is 0 Å². The van der Waals surface area contributed by atoms with E-state index in [0.717, 1.165) is 33.0 Å². The predicted molar refractivity (Wildman–Crippen MR) is 47.9 cm³/mol. The second kappa shape index (κ2) is 17.6. The molecule has 0 radical (unpaired) electrons. The summed E-state index contributed by atoms with van der Waals surface area (Å²) in [4.78, 5) is 0. The Morgan fingerprint density at radius 1 is 1.00 bits per heavy atom. The molecule has 4 heteroatoms. The molecule has 0 bridgehead atoms. The van der Waals surface area contributed by atoms with Crippen LogP contribution in [0.4, 0.5) is 0 Å². The van der Waals surface area contributed by atoms with E-state index >= 15 is 0 Å². The summed E-state index contributed by atoms with van der Waals surface area (Å²) < 4.78 is 18.3. The van der Waals surface area contributed by atoms with Crippen molar-refractivity contribution in [2.24, 2.45) is 0 Å². The molecule has 0 fully saturated rings. The van der Waals surface area contributed by atoms with Crippen LogP contribution in [0.5, 0.6) is 0 Å². The van der Waals surface area contributed by atoms with Gasteiger partial charge in [0.1, 0.15) is 6.16 Å². The standard InChI is InChI=1S/C8H17OP.O.Ti/c1-2-3-4-5-6-7-8-10-9;;/h2-8H2,1H3;;/p+1. The second-order valence-electron chi connectivity index (χ2n) is 2.66. The van der Waals surface area contributed by atoms with Gasteiger partial charge in [-0.2, -0.15) is 0 Å². The fourth-order valence-electron chi connectivity index (χ4n) is 0.977. The third kappa shape index (κ3) is 16.9. The van der Waals surface area contributed by atoms with Gasteiger partial charge in [0.2, 0.25) is 0 Å². The van der Waals surface area contributed by atoms with Gasteiger partial charge in [-0.05, 0) is 12.8 Å². The molecule has 12 heavy (non-hydrogen) atoms. The maximum atomic E-state index is 10.0. The Bertz CT molecular complexity index is 91.1. The number of rotatable bonds is 7. The molecule has 1 unspecified atom stereocenters. The first-order valence-corrected chi connectivity index (χ1v) is 6.22. The average molecular weight is 225 g/mol. The third-order valence-electron chi connectivity index (χ3n) is 1.63. The van der Waals surface area contributed by atoms with Crippen molar-refractivity contribution in [2.45, 2.75) is 45.4 Å². The number of hydrogen-bond acceptors (Lipinski definition) is 2. The second-order valence-corrected chi connectivity index (χ2v) is 3.45. The normalized spacial score (nSPS) is 9.00. The van der Waals surface area contributed by atoms with E-state index in [-0.39, 0.29) is 8.46 Å². The van der Waals surface area contributed by atoms with Crippen molar-refractivity contribution in [3.63, 3.8) is 0 Å². The third-order valence-corrected chi connectivity index (χ3v) is 2.19. The minimum atomic E-state index is -0.0800. The molecule has 0 heterocycles. The molecule has 0 aliphatic heterocycles. The van der Waals surface area contributed by atoms with Gasteiger partial charge < -0.3 is 0 Å². The zero-order valence-corrected chi connectivity index (χ0v) is 10.3. The van der Waals surface area contributed by atoms with Gasteiger partial charge in [-0.1, -0.05) is 37.2 Å². The van der Waals surface area contributed by atoms with Crippen LogP contribution >= 0.6 is 8.46 Å². The van der Waals surface area contributed by atoms with E-state index in [9.17, 15) is 4.57 Å². The molecule has 0 aromatic carbocycles. The van der Waals surface area contributed by atoms with Crippen LogP contribution in [0.1, 0.15) is 45.4 Å². The van der Waals surface area contributed by atoms with E-state index in [2.05, 4.69) is 6.92 Å². The van der Waals surface area contributed by atoms with Crippen LogP contribution in [0.25, 0.3) is 0 Å². The summed E-state index contributed by atoms with van der Waals surface area (Å²) in [7, 11) is -0.0800. The summed E-state index contributed by atoms with van der Waals surface area (Å²) in [6.45, 7) is 2.22. The molecule has 0 saturated carbocycles. The summed E-state index contributed by atoms with van der Waals surface area (Å²) in [5.74, 6) is 0. The Labute approximate surface area is 88.4 Å². The van der Waals surface area contributed by atoms with Crippen LogP contribution in [-0.2, 0) is 28.3 Å². The Morgan fingerprint density at radius 3 is 2.00 bits per heavy atom. The van der Waals surface area contributed by atoms with E-state index < -0.39 is 0 Å². The molecular weight excluding hydrogens is 207 g/mol. The Kier molecular flexibility index (Phi) is 22.2. The average Bonchev–Trinajstić information content (AvgIpc) is 2.15. The van der Waals surface area contributed by atoms with Gasteiger partial charge in [0.15, 0.2) is 0 Å². The summed E-state index contributed by atoms with van der Waals surface area (Å²) in [5.41, 5.74) is 0. The molecule has 0 aromatic heterocycles. The molecule has 0 saturated heterocycles. The van der Waals surface area contributed by atoms with Gasteiger partial charge in [0, 0.05) is 0 Å². The van der Waals surface area contributed by atoms with Crippen molar-refractivity contribution >= 4 is 8.46 Å². The number of hydrogen-bond donors (Lipinski definition) is 0. The molecule has 0 spiro atoms. The Hall–Kier alpha value is 0.614. The van der Waals surface area contributed by atoms with Gasteiger partial charge in [-0.3, -0.25) is 0 Å². The molecule has 0 aliphatic rings. The van der Waals surface area contributed by atoms with E-state index in [4.69, 9.17) is 3.32 Å². The van der Waals surface area contributed by atoms with Gasteiger partial charge >= 0.3 is 32.2 Å². The minimum absolute atomic E-state index is 0.0800. The van der Waals surface area contributed by atoms with Crippen molar-refractivity contribution in [1.29, 1.82) is 0 Å². The first-order chi connectivity index (χ1) is 5.91. The van der Waals surface area contributed by atoms with Crippen molar-refractivity contribution in [3.8, 4) is 0 Å². The topological polar surface area (TPSA) is 34.1 Å². The summed E-state index contributed by atoms with van der Waals surface area (Å²) in [6, 6.07) is 0. The SMILES string of the molecule is CCCCCCCC[PH+]=O.[O]=[Ti]. The van der Waals surface area contributed by atoms with Gasteiger partial charge in [-0.25, -0.2) is 0 Å². The van der Waals surface area contributed by atoms with Crippen molar-refractivity contribution in [2.75, 3.05) is 6.16 Å². The maximum absolute atomic E-state index is 10.0. The fourth-order valence-corrected chi connectivity index (χ4v) is 1.37. The van der Waals surface area contributed by atoms with E-state index in [1.807, 2.05) is 0 Å². The summed E-state index contributed by atoms with van der Waals surface area (Å²) >= 11 is 0.750. The zero-order chi connectivity index (χ0) is 9.66. The Balaban J connectivity index is 0. The van der Waals surface area contributed by atoms with Crippen LogP contribution in [0.3, 0.4) is 0 Å². The van der Waals surface area contributed by atoms with Gasteiger partial charge in [-0.15, -0.1) is 0 Å². The van der Waals surface area contributed by atoms with E-state index in [1.54, 1.807) is 0 Å². The summed E-state index contributed by atoms with van der Waals surface area (Å²) in [6.07, 6.45) is 8.70. The van der Waals surface area contributed by atoms with Crippen LogP contribution in [-0.4, -0.2) is 6.16 Å². The molecule has 1 atom stereocenters. The molecule has 70 valence electrons. The number of unbranched alkanes of at least 4 members (excludes halogenated alkanes) is 5. The Morgan fingerprint density at radius 2 is 1.50 bits per heavy atom. The van der Waals surface area contributed by atoms with Crippen LogP contribution in [0.2, 0.25) is 0 Å². The van der Waals surface area contributed by atoms with Crippen molar-refractivity contribution < 1.29 is 28.3 Å². The summed E-state index contributed by atoms with van der Waals surface area (Å²) in [5, 5.41) is 0. The molecule has 2 nitrogen and oxygen atoms in total. The molecule has 0 amide bonds. The monoisotopic (exact) mass is 225 g/mol. The predicted octanol–water partition coefficient (Wildman–Crippen LogP) is 3.25. The van der Waals surface area contributed by atoms with Gasteiger partial charge in [0.25, 0.3) is 0 Å². The van der Waals surface area contributed by atoms with Gasteiger partial charge in [0.05, 0.1) is 0 Å². The first-order valence-electron chi connectivity index (χ1n) is 4.47. The van der Waals surface area contributed by atoms with E-state index in [1.165, 1.54) is 32.1 Å². The van der Waals surface area contributed by atoms with Crippen molar-refractivity contribution in [1.82, 2.24) is 0 Å². The quantitative estimate of drug-likeness (QED) is 0.378.